The maximum atomic E-state index is 12.9. The van der Waals surface area contributed by atoms with Gasteiger partial charge in [0.25, 0.3) is 11.8 Å². The first-order chi connectivity index (χ1) is 17.2. The third-order valence-corrected chi connectivity index (χ3v) is 6.23. The van der Waals surface area contributed by atoms with Crippen molar-refractivity contribution >= 4 is 34.4 Å². The second-order valence-electron chi connectivity index (χ2n) is 8.94. The number of nitrogens with two attached hydrogens (primary N) is 2. The summed E-state index contributed by atoms with van der Waals surface area (Å²) in [5, 5.41) is 0.750. The lowest BCUT2D eigenvalue weighted by Gasteiger charge is -2.36. The molecular formula is C25H24N8O3. The van der Waals surface area contributed by atoms with Gasteiger partial charge in [-0.05, 0) is 29.8 Å². The molecule has 1 saturated heterocycles. The maximum absolute atomic E-state index is 12.9. The predicted molar refractivity (Wildman–Crippen MR) is 134 cm³/mol. The highest BCUT2D eigenvalue weighted by molar-refractivity contribution is 6.02. The predicted octanol–water partition coefficient (Wildman–Crippen LogP) is 1.53. The van der Waals surface area contributed by atoms with E-state index in [9.17, 15) is 14.4 Å². The van der Waals surface area contributed by atoms with Crippen molar-refractivity contribution in [2.75, 3.05) is 32.9 Å². The topological polar surface area (TPSA) is 164 Å². The number of likely N-dealkylation sites (tertiary alicyclic amines) is 1. The van der Waals surface area contributed by atoms with E-state index in [4.69, 9.17) is 11.5 Å². The summed E-state index contributed by atoms with van der Waals surface area (Å²) in [6, 6.07) is 7.09. The molecule has 0 atom stereocenters. The van der Waals surface area contributed by atoms with Crippen molar-refractivity contribution in [3.05, 3.63) is 60.3 Å². The monoisotopic (exact) mass is 484 g/mol. The molecule has 182 valence electrons. The molecule has 11 nitrogen and oxygen atoms in total. The van der Waals surface area contributed by atoms with Gasteiger partial charge in [-0.25, -0.2) is 4.98 Å². The summed E-state index contributed by atoms with van der Waals surface area (Å²) in [5.74, 6) is -1.11. The number of fused-ring (bicyclic) bond motifs is 1. The number of nitrogens with one attached hydrogen (secondary N) is 1. The zero-order valence-corrected chi connectivity index (χ0v) is 19.7. The van der Waals surface area contributed by atoms with E-state index in [1.165, 1.54) is 11.1 Å². The fourth-order valence-electron chi connectivity index (χ4n) is 4.20. The zero-order chi connectivity index (χ0) is 25.6. The molecule has 4 aromatic heterocycles. The van der Waals surface area contributed by atoms with Crippen LogP contribution >= 0.6 is 0 Å². The van der Waals surface area contributed by atoms with Gasteiger partial charge in [0.1, 0.15) is 11.3 Å². The van der Waals surface area contributed by atoms with Crippen LogP contribution in [0.1, 0.15) is 20.8 Å². The van der Waals surface area contributed by atoms with Gasteiger partial charge in [0.2, 0.25) is 5.91 Å². The van der Waals surface area contributed by atoms with Gasteiger partial charge in [0.05, 0.1) is 22.9 Å². The standard InChI is InChI=1S/C25H24N8O3/c1-32(2)24(35)15-6-19(26)21(30-10-15)14-5-13(8-28-9-14)17-3-4-29-23-18(17)7-20(31-23)25(36)33-11-16(12-33)22(27)34/h3-10,16H,11-12,26H2,1-2H3,(H2,27,34)(H,29,31). The van der Waals surface area contributed by atoms with Gasteiger partial charge in [-0.15, -0.1) is 0 Å². The first kappa shape index (κ1) is 23.0. The highest BCUT2D eigenvalue weighted by Crippen LogP contribution is 2.32. The number of rotatable bonds is 5. The molecule has 0 saturated carbocycles. The summed E-state index contributed by atoms with van der Waals surface area (Å²) < 4.78 is 0. The molecule has 11 heteroatoms. The van der Waals surface area contributed by atoms with E-state index in [1.54, 1.807) is 49.7 Å². The zero-order valence-electron chi connectivity index (χ0n) is 19.7. The Morgan fingerprint density at radius 3 is 2.50 bits per heavy atom. The maximum Gasteiger partial charge on any atom is 0.270 e. The number of primary amides is 1. The molecule has 5 heterocycles. The van der Waals surface area contributed by atoms with Gasteiger partial charge in [-0.1, -0.05) is 0 Å². The molecule has 0 unspecified atom stereocenters. The summed E-state index contributed by atoms with van der Waals surface area (Å²) in [4.78, 5) is 55.6. The van der Waals surface area contributed by atoms with E-state index in [2.05, 4.69) is 19.9 Å². The van der Waals surface area contributed by atoms with Gasteiger partial charge in [0.15, 0.2) is 0 Å². The smallest absolute Gasteiger partial charge is 0.270 e. The minimum absolute atomic E-state index is 0.187. The van der Waals surface area contributed by atoms with Crippen molar-refractivity contribution in [1.29, 1.82) is 0 Å². The lowest BCUT2D eigenvalue weighted by molar-refractivity contribution is -0.125. The van der Waals surface area contributed by atoms with Crippen LogP contribution in [0.15, 0.2) is 49.1 Å². The lowest BCUT2D eigenvalue weighted by atomic mass is 9.99. The Hall–Kier alpha value is -4.80. The molecule has 0 bridgehead atoms. The van der Waals surface area contributed by atoms with Crippen molar-refractivity contribution < 1.29 is 14.4 Å². The Balaban J connectivity index is 1.47. The van der Waals surface area contributed by atoms with E-state index >= 15 is 0 Å². The van der Waals surface area contributed by atoms with E-state index in [0.29, 0.717) is 46.9 Å². The molecule has 4 aromatic rings. The molecule has 0 spiro atoms. The van der Waals surface area contributed by atoms with Crippen LogP contribution in [0, 0.1) is 5.92 Å². The van der Waals surface area contributed by atoms with Crippen LogP contribution in [0.2, 0.25) is 0 Å². The number of carbonyl (C=O) groups excluding carboxylic acids is 3. The van der Waals surface area contributed by atoms with Crippen molar-refractivity contribution in [2.45, 2.75) is 0 Å². The largest absolute Gasteiger partial charge is 0.397 e. The summed E-state index contributed by atoms with van der Waals surface area (Å²) in [6.07, 6.45) is 6.50. The SMILES string of the molecule is CN(C)C(=O)c1cnc(-c2cncc(-c3ccnc4[nH]c(C(=O)N5CC(C(N)=O)C5)cc34)c2)c(N)c1. The van der Waals surface area contributed by atoms with Crippen LogP contribution in [-0.2, 0) is 4.79 Å². The summed E-state index contributed by atoms with van der Waals surface area (Å²) >= 11 is 0. The van der Waals surface area contributed by atoms with E-state index in [0.717, 1.165) is 16.5 Å². The van der Waals surface area contributed by atoms with E-state index in [1.807, 2.05) is 12.1 Å². The molecule has 1 aliphatic rings. The first-order valence-electron chi connectivity index (χ1n) is 11.2. The lowest BCUT2D eigenvalue weighted by Crippen LogP contribution is -2.54. The summed E-state index contributed by atoms with van der Waals surface area (Å²) in [5.41, 5.74) is 16.0. The van der Waals surface area contributed by atoms with Gasteiger partial charge in [0, 0.05) is 68.5 Å². The number of pyridine rings is 3. The Kier molecular flexibility index (Phi) is 5.59. The number of anilines is 1. The number of hydrogen-bond donors (Lipinski definition) is 3. The number of nitrogen functional groups attached to an aromatic ring is 1. The number of amides is 3. The van der Waals surface area contributed by atoms with Crippen molar-refractivity contribution in [1.82, 2.24) is 29.7 Å². The van der Waals surface area contributed by atoms with Crippen LogP contribution in [0.25, 0.3) is 33.4 Å². The summed E-state index contributed by atoms with van der Waals surface area (Å²) in [7, 11) is 3.33. The van der Waals surface area contributed by atoms with Crippen LogP contribution in [0.5, 0.6) is 0 Å². The number of hydrogen-bond acceptors (Lipinski definition) is 7. The van der Waals surface area contributed by atoms with Crippen LogP contribution in [0.3, 0.4) is 0 Å². The molecule has 36 heavy (non-hydrogen) atoms. The number of aromatic amines is 1. The second kappa shape index (κ2) is 8.77. The van der Waals surface area contributed by atoms with Gasteiger partial charge in [-0.3, -0.25) is 24.4 Å². The molecule has 1 aliphatic heterocycles. The van der Waals surface area contributed by atoms with Crippen molar-refractivity contribution in [3.8, 4) is 22.4 Å². The minimum Gasteiger partial charge on any atom is -0.397 e. The molecule has 0 radical (unpaired) electrons. The van der Waals surface area contributed by atoms with Crippen LogP contribution in [-0.4, -0.2) is 74.6 Å². The van der Waals surface area contributed by atoms with E-state index < -0.39 is 5.91 Å². The number of carbonyl (C=O) groups is 3. The molecule has 3 amide bonds. The Morgan fingerprint density at radius 1 is 1.06 bits per heavy atom. The average Bonchev–Trinajstić information content (AvgIpc) is 3.27. The highest BCUT2D eigenvalue weighted by Gasteiger charge is 2.35. The van der Waals surface area contributed by atoms with Crippen LogP contribution < -0.4 is 11.5 Å². The average molecular weight is 485 g/mol. The number of nitrogens with zero attached hydrogens (tertiary/aromatic N) is 5. The normalized spacial score (nSPS) is 13.4. The van der Waals surface area contributed by atoms with Crippen molar-refractivity contribution in [2.24, 2.45) is 11.7 Å². The van der Waals surface area contributed by atoms with E-state index in [-0.39, 0.29) is 17.7 Å². The fourth-order valence-corrected chi connectivity index (χ4v) is 4.20. The van der Waals surface area contributed by atoms with Gasteiger partial charge >= 0.3 is 0 Å². The quantitative estimate of drug-likeness (QED) is 0.386. The molecule has 0 aliphatic carbocycles. The Morgan fingerprint density at radius 2 is 1.81 bits per heavy atom. The molecule has 0 aromatic carbocycles. The molecule has 5 N–H and O–H groups in total. The first-order valence-corrected chi connectivity index (χ1v) is 11.2. The minimum atomic E-state index is -0.402. The molecular weight excluding hydrogens is 460 g/mol. The second-order valence-corrected chi connectivity index (χ2v) is 8.94. The third-order valence-electron chi connectivity index (χ3n) is 6.23. The van der Waals surface area contributed by atoms with Gasteiger partial charge < -0.3 is 26.3 Å². The highest BCUT2D eigenvalue weighted by atomic mass is 16.2. The van der Waals surface area contributed by atoms with Gasteiger partial charge in [-0.2, -0.15) is 0 Å². The third kappa shape index (κ3) is 4.00. The van der Waals surface area contributed by atoms with Crippen molar-refractivity contribution in [3.63, 3.8) is 0 Å². The molecule has 1 fully saturated rings. The fraction of sp³-hybridized carbons (Fsp3) is 0.200. The molecule has 5 rings (SSSR count). The number of H-pyrrole nitrogens is 1. The summed E-state index contributed by atoms with van der Waals surface area (Å²) in [6.45, 7) is 0.617. The Bertz CT molecular complexity index is 1520. The van der Waals surface area contributed by atoms with Crippen LogP contribution in [0.4, 0.5) is 5.69 Å². The number of aromatic nitrogens is 4. The Labute approximate surface area is 206 Å².